The third-order valence-corrected chi connectivity index (χ3v) is 5.96. The molecule has 4 nitrogen and oxygen atoms in total. The first kappa shape index (κ1) is 17.0. The standard InChI is InChI=1S/C19H23NO3S/c1-4-12-9-10-15(24-12)18-16(19(22)23-5-2)11(3)20-13-7-6-8-14(21)17(13)18/h7,9-10,17-18,20H,4-6,8H2,1-3H3. The quantitative estimate of drug-likeness (QED) is 0.846. The van der Waals surface area contributed by atoms with E-state index in [1.807, 2.05) is 6.92 Å². The third kappa shape index (κ3) is 2.93. The number of hydrogen-bond donors (Lipinski definition) is 1. The van der Waals surface area contributed by atoms with Gasteiger partial charge in [-0.25, -0.2) is 4.79 Å². The number of carbonyl (C=O) groups is 2. The molecule has 0 amide bonds. The van der Waals surface area contributed by atoms with E-state index in [1.54, 1.807) is 18.3 Å². The lowest BCUT2D eigenvalue weighted by Gasteiger charge is -2.37. The van der Waals surface area contributed by atoms with Gasteiger partial charge in [0.1, 0.15) is 5.78 Å². The Morgan fingerprint density at radius 2 is 2.12 bits per heavy atom. The molecule has 0 aromatic carbocycles. The summed E-state index contributed by atoms with van der Waals surface area (Å²) in [6.45, 7) is 6.14. The third-order valence-electron chi connectivity index (χ3n) is 4.65. The molecular formula is C19H23NO3S. The zero-order chi connectivity index (χ0) is 17.3. The molecule has 2 aliphatic rings. The minimum atomic E-state index is -0.323. The van der Waals surface area contributed by atoms with Crippen molar-refractivity contribution < 1.29 is 14.3 Å². The topological polar surface area (TPSA) is 55.4 Å². The first-order valence-electron chi connectivity index (χ1n) is 8.53. The highest BCUT2D eigenvalue weighted by Gasteiger charge is 2.43. The van der Waals surface area contributed by atoms with Crippen molar-refractivity contribution in [2.75, 3.05) is 6.61 Å². The molecule has 5 heteroatoms. The second-order valence-electron chi connectivity index (χ2n) is 6.16. The molecule has 128 valence electrons. The van der Waals surface area contributed by atoms with E-state index in [-0.39, 0.29) is 23.6 Å². The summed E-state index contributed by atoms with van der Waals surface area (Å²) in [7, 11) is 0. The van der Waals surface area contributed by atoms with E-state index in [0.29, 0.717) is 18.6 Å². The van der Waals surface area contributed by atoms with Crippen LogP contribution in [0.5, 0.6) is 0 Å². The van der Waals surface area contributed by atoms with Crippen molar-refractivity contribution in [2.45, 2.75) is 46.0 Å². The van der Waals surface area contributed by atoms with Crippen molar-refractivity contribution in [3.63, 3.8) is 0 Å². The Balaban J connectivity index is 2.13. The Bertz CT molecular complexity index is 729. The van der Waals surface area contributed by atoms with Gasteiger partial charge in [0.15, 0.2) is 0 Å². The molecule has 0 saturated carbocycles. The number of allylic oxidation sites excluding steroid dienone is 3. The lowest BCUT2D eigenvalue weighted by atomic mass is 9.73. The summed E-state index contributed by atoms with van der Waals surface area (Å²) in [5.41, 5.74) is 2.33. The fourth-order valence-electron chi connectivity index (χ4n) is 3.55. The maximum Gasteiger partial charge on any atom is 0.336 e. The van der Waals surface area contributed by atoms with E-state index in [4.69, 9.17) is 4.74 Å². The van der Waals surface area contributed by atoms with Gasteiger partial charge in [0.2, 0.25) is 0 Å². The van der Waals surface area contributed by atoms with Crippen molar-refractivity contribution in [1.82, 2.24) is 5.32 Å². The van der Waals surface area contributed by atoms with Gasteiger partial charge in [-0.1, -0.05) is 13.0 Å². The predicted molar refractivity (Wildman–Crippen MR) is 94.7 cm³/mol. The molecular weight excluding hydrogens is 322 g/mol. The highest BCUT2D eigenvalue weighted by molar-refractivity contribution is 7.12. The molecule has 0 bridgehead atoms. The van der Waals surface area contributed by atoms with Crippen LogP contribution >= 0.6 is 11.3 Å². The van der Waals surface area contributed by atoms with Gasteiger partial charge >= 0.3 is 5.97 Å². The van der Waals surface area contributed by atoms with Crippen LogP contribution in [0.2, 0.25) is 0 Å². The fourth-order valence-corrected chi connectivity index (χ4v) is 4.65. The lowest BCUT2D eigenvalue weighted by Crippen LogP contribution is -2.40. The van der Waals surface area contributed by atoms with Crippen LogP contribution in [0.25, 0.3) is 0 Å². The molecule has 2 heterocycles. The predicted octanol–water partition coefficient (Wildman–Crippen LogP) is 3.70. The average molecular weight is 345 g/mol. The second kappa shape index (κ2) is 6.93. The number of thiophene rings is 1. The van der Waals surface area contributed by atoms with Gasteiger partial charge in [-0.2, -0.15) is 0 Å². The maximum absolute atomic E-state index is 12.7. The van der Waals surface area contributed by atoms with Gasteiger partial charge in [0, 0.05) is 33.5 Å². The van der Waals surface area contributed by atoms with Crippen LogP contribution in [-0.2, 0) is 20.7 Å². The minimum absolute atomic E-state index is 0.200. The van der Waals surface area contributed by atoms with Gasteiger partial charge in [-0.15, -0.1) is 11.3 Å². The maximum atomic E-state index is 12.7. The zero-order valence-electron chi connectivity index (χ0n) is 14.3. The normalized spacial score (nSPS) is 23.5. The second-order valence-corrected chi connectivity index (χ2v) is 7.36. The molecule has 0 fully saturated rings. The Labute approximate surface area is 146 Å². The molecule has 0 radical (unpaired) electrons. The van der Waals surface area contributed by atoms with Crippen LogP contribution in [0.4, 0.5) is 0 Å². The summed E-state index contributed by atoms with van der Waals surface area (Å²) in [6.07, 6.45) is 4.35. The monoisotopic (exact) mass is 345 g/mol. The number of carbonyl (C=O) groups excluding carboxylic acids is 2. The molecule has 2 unspecified atom stereocenters. The molecule has 3 rings (SSSR count). The number of ether oxygens (including phenoxy) is 1. The van der Waals surface area contributed by atoms with E-state index < -0.39 is 0 Å². The van der Waals surface area contributed by atoms with Crippen LogP contribution in [0.3, 0.4) is 0 Å². The average Bonchev–Trinajstić information content (AvgIpc) is 3.02. The Hall–Kier alpha value is -1.88. The van der Waals surface area contributed by atoms with Crippen molar-refractivity contribution in [3.8, 4) is 0 Å². The molecule has 1 aromatic rings. The van der Waals surface area contributed by atoms with Gasteiger partial charge in [-0.3, -0.25) is 4.79 Å². The fraction of sp³-hybridized carbons (Fsp3) is 0.474. The number of ketones is 1. The molecule has 1 aliphatic heterocycles. The molecule has 24 heavy (non-hydrogen) atoms. The Kier molecular flexibility index (Phi) is 4.90. The van der Waals surface area contributed by atoms with Crippen LogP contribution in [-0.4, -0.2) is 18.4 Å². The van der Waals surface area contributed by atoms with E-state index in [1.165, 1.54) is 4.88 Å². The first-order valence-corrected chi connectivity index (χ1v) is 9.34. The molecule has 0 spiro atoms. The smallest absolute Gasteiger partial charge is 0.336 e. The van der Waals surface area contributed by atoms with Gasteiger partial charge < -0.3 is 10.1 Å². The van der Waals surface area contributed by atoms with Crippen molar-refractivity contribution in [2.24, 2.45) is 5.92 Å². The number of Topliss-reactive ketones (excluding diaryl/α,β-unsaturated/α-hetero) is 1. The van der Waals surface area contributed by atoms with Gasteiger partial charge in [-0.05, 0) is 38.8 Å². The van der Waals surface area contributed by atoms with Crippen molar-refractivity contribution >= 4 is 23.1 Å². The van der Waals surface area contributed by atoms with Crippen molar-refractivity contribution in [3.05, 3.63) is 44.9 Å². The van der Waals surface area contributed by atoms with Crippen LogP contribution in [0.15, 0.2) is 35.2 Å². The number of nitrogens with one attached hydrogen (secondary N) is 1. The summed E-state index contributed by atoms with van der Waals surface area (Å²) in [4.78, 5) is 27.6. The number of aryl methyl sites for hydroxylation is 1. The summed E-state index contributed by atoms with van der Waals surface area (Å²) < 4.78 is 5.29. The van der Waals surface area contributed by atoms with Crippen LogP contribution in [0.1, 0.15) is 49.3 Å². The van der Waals surface area contributed by atoms with E-state index in [0.717, 1.165) is 29.1 Å². The van der Waals surface area contributed by atoms with Crippen molar-refractivity contribution in [1.29, 1.82) is 0 Å². The van der Waals surface area contributed by atoms with Crippen LogP contribution < -0.4 is 5.32 Å². The molecule has 1 aromatic heterocycles. The lowest BCUT2D eigenvalue weighted by molar-refractivity contribution is -0.139. The first-order chi connectivity index (χ1) is 11.6. The summed E-state index contributed by atoms with van der Waals surface area (Å²) >= 11 is 1.69. The van der Waals surface area contributed by atoms with Crippen LogP contribution in [0, 0.1) is 5.92 Å². The molecule has 0 saturated heterocycles. The number of fused-ring (bicyclic) bond motifs is 1. The molecule has 1 N–H and O–H groups in total. The van der Waals surface area contributed by atoms with Gasteiger partial charge in [0.05, 0.1) is 18.1 Å². The highest BCUT2D eigenvalue weighted by Crippen LogP contribution is 2.45. The van der Waals surface area contributed by atoms with Gasteiger partial charge in [0.25, 0.3) is 0 Å². The minimum Gasteiger partial charge on any atom is -0.463 e. The van der Waals surface area contributed by atoms with E-state index in [9.17, 15) is 9.59 Å². The number of hydrogen-bond acceptors (Lipinski definition) is 5. The Morgan fingerprint density at radius 3 is 2.79 bits per heavy atom. The number of esters is 1. The summed E-state index contributed by atoms with van der Waals surface area (Å²) in [6, 6.07) is 4.16. The summed E-state index contributed by atoms with van der Waals surface area (Å²) in [5.74, 6) is -0.665. The van der Waals surface area contributed by atoms with E-state index in [2.05, 4.69) is 30.4 Å². The molecule has 2 atom stereocenters. The zero-order valence-corrected chi connectivity index (χ0v) is 15.2. The summed E-state index contributed by atoms with van der Waals surface area (Å²) in [5, 5.41) is 3.28. The molecule has 1 aliphatic carbocycles. The SMILES string of the molecule is CCOC(=O)C1=C(C)NC2=CCCC(=O)C2C1c1ccc(CC)s1. The highest BCUT2D eigenvalue weighted by atomic mass is 32.1. The number of rotatable bonds is 4. The Morgan fingerprint density at radius 1 is 1.33 bits per heavy atom. The largest absolute Gasteiger partial charge is 0.463 e. The van der Waals surface area contributed by atoms with E-state index >= 15 is 0 Å².